The van der Waals surface area contributed by atoms with Crippen molar-refractivity contribution in [3.8, 4) is 5.69 Å². The molecule has 0 unspecified atom stereocenters. The van der Waals surface area contributed by atoms with Gasteiger partial charge in [0.25, 0.3) is 5.91 Å². The van der Waals surface area contributed by atoms with Crippen LogP contribution in [0, 0.1) is 0 Å². The van der Waals surface area contributed by atoms with Crippen LogP contribution in [0.2, 0.25) is 0 Å². The predicted molar refractivity (Wildman–Crippen MR) is 90.4 cm³/mol. The van der Waals surface area contributed by atoms with E-state index in [9.17, 15) is 4.79 Å². The van der Waals surface area contributed by atoms with Gasteiger partial charge < -0.3 is 9.88 Å². The fourth-order valence-electron chi connectivity index (χ4n) is 2.99. The highest BCUT2D eigenvalue weighted by molar-refractivity contribution is 5.90. The molecule has 2 aromatic heterocycles. The van der Waals surface area contributed by atoms with Gasteiger partial charge in [0.1, 0.15) is 18.0 Å². The first kappa shape index (κ1) is 15.5. The second-order valence-corrected chi connectivity index (χ2v) is 6.00. The van der Waals surface area contributed by atoms with Crippen LogP contribution in [0.1, 0.15) is 35.1 Å². The lowest BCUT2D eigenvalue weighted by Gasteiger charge is -2.14. The van der Waals surface area contributed by atoms with Gasteiger partial charge in [-0.25, -0.2) is 9.67 Å². The summed E-state index contributed by atoms with van der Waals surface area (Å²) in [6.45, 7) is 1.45. The molecule has 0 radical (unpaired) electrons. The maximum absolute atomic E-state index is 12.2. The molecule has 0 atom stereocenters. The molecule has 8 nitrogen and oxygen atoms in total. The Bertz CT molecular complexity index is 868. The highest BCUT2D eigenvalue weighted by Gasteiger charge is 2.16. The van der Waals surface area contributed by atoms with Gasteiger partial charge in [-0.15, -0.1) is 15.3 Å². The standard InChI is InChI=1S/C17H19N7O/c25-17(16-19-12-24(22-16)13-6-2-1-3-7-13)18-10-9-15-21-20-14-8-4-5-11-23(14)15/h1-3,6-7,12H,4-5,8-11H2,(H,18,25). The first-order valence-corrected chi connectivity index (χ1v) is 8.47. The fraction of sp³-hybridized carbons (Fsp3) is 0.353. The molecule has 1 amide bonds. The van der Waals surface area contributed by atoms with E-state index in [1.54, 1.807) is 11.0 Å². The van der Waals surface area contributed by atoms with Crippen LogP contribution in [-0.2, 0) is 19.4 Å². The Morgan fingerprint density at radius 2 is 2.04 bits per heavy atom. The van der Waals surface area contributed by atoms with E-state index in [1.165, 1.54) is 6.42 Å². The van der Waals surface area contributed by atoms with E-state index in [0.717, 1.165) is 36.7 Å². The molecule has 1 aliphatic heterocycles. The summed E-state index contributed by atoms with van der Waals surface area (Å²) < 4.78 is 3.75. The summed E-state index contributed by atoms with van der Waals surface area (Å²) in [5, 5.41) is 15.5. The van der Waals surface area contributed by atoms with Crippen molar-refractivity contribution in [2.24, 2.45) is 0 Å². The summed E-state index contributed by atoms with van der Waals surface area (Å²) in [7, 11) is 0. The fourth-order valence-corrected chi connectivity index (χ4v) is 2.99. The van der Waals surface area contributed by atoms with Crippen LogP contribution < -0.4 is 5.32 Å². The molecule has 1 aliphatic rings. The van der Waals surface area contributed by atoms with Crippen molar-refractivity contribution in [3.63, 3.8) is 0 Å². The largest absolute Gasteiger partial charge is 0.349 e. The number of para-hydroxylation sites is 1. The number of fused-ring (bicyclic) bond motifs is 1. The third-order valence-corrected chi connectivity index (χ3v) is 4.29. The van der Waals surface area contributed by atoms with Gasteiger partial charge in [0.15, 0.2) is 0 Å². The van der Waals surface area contributed by atoms with Gasteiger partial charge >= 0.3 is 0 Å². The van der Waals surface area contributed by atoms with E-state index in [2.05, 4.69) is 30.2 Å². The quantitative estimate of drug-likeness (QED) is 0.755. The molecule has 0 spiro atoms. The average molecular weight is 337 g/mol. The number of rotatable bonds is 5. The van der Waals surface area contributed by atoms with Gasteiger partial charge in [-0.3, -0.25) is 4.79 Å². The molecule has 0 saturated heterocycles. The Morgan fingerprint density at radius 3 is 2.92 bits per heavy atom. The molecule has 128 valence electrons. The van der Waals surface area contributed by atoms with Gasteiger partial charge in [-0.05, 0) is 25.0 Å². The molecule has 4 rings (SSSR count). The lowest BCUT2D eigenvalue weighted by Crippen LogP contribution is -2.28. The molecular formula is C17H19N7O. The highest BCUT2D eigenvalue weighted by Crippen LogP contribution is 2.14. The highest BCUT2D eigenvalue weighted by atomic mass is 16.2. The van der Waals surface area contributed by atoms with Crippen LogP contribution in [-0.4, -0.2) is 42.0 Å². The van der Waals surface area contributed by atoms with Crippen molar-refractivity contribution in [3.05, 3.63) is 54.1 Å². The number of nitrogens with one attached hydrogen (secondary N) is 1. The molecule has 0 fully saturated rings. The summed E-state index contributed by atoms with van der Waals surface area (Å²) in [6.07, 6.45) is 5.51. The van der Waals surface area contributed by atoms with Crippen LogP contribution in [0.4, 0.5) is 0 Å². The number of carbonyl (C=O) groups is 1. The van der Waals surface area contributed by atoms with E-state index in [1.807, 2.05) is 30.3 Å². The zero-order valence-corrected chi connectivity index (χ0v) is 13.8. The van der Waals surface area contributed by atoms with E-state index < -0.39 is 0 Å². The lowest BCUT2D eigenvalue weighted by atomic mass is 10.1. The molecule has 3 heterocycles. The maximum Gasteiger partial charge on any atom is 0.290 e. The van der Waals surface area contributed by atoms with Gasteiger partial charge in [0.05, 0.1) is 5.69 Å². The Kier molecular flexibility index (Phi) is 4.24. The van der Waals surface area contributed by atoms with Crippen LogP contribution in [0.25, 0.3) is 5.69 Å². The molecule has 1 N–H and O–H groups in total. The van der Waals surface area contributed by atoms with E-state index in [0.29, 0.717) is 13.0 Å². The first-order valence-electron chi connectivity index (χ1n) is 8.47. The smallest absolute Gasteiger partial charge is 0.290 e. The zero-order chi connectivity index (χ0) is 17.1. The number of nitrogens with zero attached hydrogens (tertiary/aromatic N) is 6. The zero-order valence-electron chi connectivity index (χ0n) is 13.8. The third-order valence-electron chi connectivity index (χ3n) is 4.29. The van der Waals surface area contributed by atoms with E-state index in [-0.39, 0.29) is 11.7 Å². The number of aryl methyl sites for hydroxylation is 1. The maximum atomic E-state index is 12.2. The number of hydrogen-bond acceptors (Lipinski definition) is 5. The van der Waals surface area contributed by atoms with Crippen LogP contribution in [0.3, 0.4) is 0 Å². The van der Waals surface area contributed by atoms with Crippen molar-refractivity contribution in [1.29, 1.82) is 0 Å². The molecule has 0 saturated carbocycles. The SMILES string of the molecule is O=C(NCCc1nnc2n1CCCC2)c1ncn(-c2ccccc2)n1. The number of aromatic nitrogens is 6. The summed E-state index contributed by atoms with van der Waals surface area (Å²) in [5.41, 5.74) is 0.865. The van der Waals surface area contributed by atoms with Crippen molar-refractivity contribution in [2.45, 2.75) is 32.2 Å². The van der Waals surface area contributed by atoms with Crippen molar-refractivity contribution >= 4 is 5.91 Å². The Balaban J connectivity index is 1.35. The summed E-state index contributed by atoms with van der Waals surface area (Å²) >= 11 is 0. The number of benzene rings is 1. The van der Waals surface area contributed by atoms with Crippen molar-refractivity contribution < 1.29 is 4.79 Å². The second-order valence-electron chi connectivity index (χ2n) is 6.00. The van der Waals surface area contributed by atoms with Crippen molar-refractivity contribution in [2.75, 3.05) is 6.54 Å². The average Bonchev–Trinajstić information content (AvgIpc) is 3.30. The molecule has 25 heavy (non-hydrogen) atoms. The van der Waals surface area contributed by atoms with Gasteiger partial charge in [-0.1, -0.05) is 18.2 Å². The summed E-state index contributed by atoms with van der Waals surface area (Å²) in [6, 6.07) is 9.57. The number of hydrogen-bond donors (Lipinski definition) is 1. The predicted octanol–water partition coefficient (Wildman–Crippen LogP) is 1.17. The number of amides is 1. The van der Waals surface area contributed by atoms with E-state index in [4.69, 9.17) is 0 Å². The van der Waals surface area contributed by atoms with Crippen LogP contribution in [0.5, 0.6) is 0 Å². The second kappa shape index (κ2) is 6.84. The minimum absolute atomic E-state index is 0.159. The van der Waals surface area contributed by atoms with Crippen LogP contribution >= 0.6 is 0 Å². The van der Waals surface area contributed by atoms with E-state index >= 15 is 0 Å². The van der Waals surface area contributed by atoms with Crippen LogP contribution in [0.15, 0.2) is 36.7 Å². The van der Waals surface area contributed by atoms with Gasteiger partial charge in [0, 0.05) is 25.9 Å². The minimum Gasteiger partial charge on any atom is -0.349 e. The lowest BCUT2D eigenvalue weighted by molar-refractivity contribution is 0.0943. The molecular weight excluding hydrogens is 318 g/mol. The molecule has 0 aliphatic carbocycles. The molecule has 0 bridgehead atoms. The molecule has 8 heteroatoms. The monoisotopic (exact) mass is 337 g/mol. The summed E-state index contributed by atoms with van der Waals surface area (Å²) in [4.78, 5) is 16.3. The van der Waals surface area contributed by atoms with Gasteiger partial charge in [-0.2, -0.15) is 0 Å². The Morgan fingerprint density at radius 1 is 1.16 bits per heavy atom. The van der Waals surface area contributed by atoms with Gasteiger partial charge in [0.2, 0.25) is 5.82 Å². The Labute approximate surface area is 144 Å². The normalized spacial score (nSPS) is 13.4. The molecule has 3 aromatic rings. The number of carbonyl (C=O) groups excluding carboxylic acids is 1. The molecule has 1 aromatic carbocycles. The summed E-state index contributed by atoms with van der Waals surface area (Å²) in [5.74, 6) is 1.86. The third kappa shape index (κ3) is 3.28. The minimum atomic E-state index is -0.284. The Hall–Kier alpha value is -3.03. The topological polar surface area (TPSA) is 90.5 Å². The van der Waals surface area contributed by atoms with Crippen molar-refractivity contribution in [1.82, 2.24) is 34.8 Å². The first-order chi connectivity index (χ1) is 12.3.